The van der Waals surface area contributed by atoms with Gasteiger partial charge in [-0.05, 0) is 35.4 Å². The molecule has 0 aliphatic carbocycles. The number of nitrogens with one attached hydrogen (secondary N) is 2. The van der Waals surface area contributed by atoms with Gasteiger partial charge in [0.2, 0.25) is 5.91 Å². The van der Waals surface area contributed by atoms with Crippen molar-refractivity contribution < 1.29 is 4.79 Å². The molecular weight excluding hydrogens is 302 g/mol. The standard InChI is InChI=1S/C18H19N5O/c19-9-13-2-1-3-16(8-13)23-18(24)5-4-14-12-22-7-6-17(14)15(10-20)11-21/h1-8,10-12,20H,9,19,21H2,(H,23,24)/b5-4+,15-11?,20-10?. The van der Waals surface area contributed by atoms with Crippen LogP contribution in [0.5, 0.6) is 0 Å². The third-order valence-electron chi connectivity index (χ3n) is 3.34. The van der Waals surface area contributed by atoms with Crippen molar-refractivity contribution >= 4 is 29.5 Å². The minimum Gasteiger partial charge on any atom is -0.404 e. The number of rotatable bonds is 6. The molecule has 24 heavy (non-hydrogen) atoms. The Balaban J connectivity index is 2.16. The summed E-state index contributed by atoms with van der Waals surface area (Å²) in [6.07, 6.45) is 8.77. The third-order valence-corrected chi connectivity index (χ3v) is 3.34. The second-order valence-corrected chi connectivity index (χ2v) is 4.96. The van der Waals surface area contributed by atoms with Crippen LogP contribution in [-0.4, -0.2) is 17.1 Å². The maximum Gasteiger partial charge on any atom is 0.248 e. The molecule has 0 saturated carbocycles. The maximum atomic E-state index is 12.1. The number of benzene rings is 1. The first-order valence-corrected chi connectivity index (χ1v) is 7.32. The number of allylic oxidation sites excluding steroid dienone is 1. The van der Waals surface area contributed by atoms with E-state index in [2.05, 4.69) is 10.3 Å². The Morgan fingerprint density at radius 3 is 2.88 bits per heavy atom. The number of hydrogen-bond acceptors (Lipinski definition) is 5. The van der Waals surface area contributed by atoms with Crippen molar-refractivity contribution in [1.82, 2.24) is 4.98 Å². The topological polar surface area (TPSA) is 118 Å². The van der Waals surface area contributed by atoms with Gasteiger partial charge in [-0.2, -0.15) is 0 Å². The van der Waals surface area contributed by atoms with Gasteiger partial charge < -0.3 is 22.2 Å². The van der Waals surface area contributed by atoms with Crippen molar-refractivity contribution in [3.63, 3.8) is 0 Å². The summed E-state index contributed by atoms with van der Waals surface area (Å²) in [7, 11) is 0. The SMILES string of the molecule is N=CC(=CN)c1ccncc1/C=C/C(=O)Nc1cccc(CN)c1. The molecule has 1 aromatic heterocycles. The number of aromatic nitrogens is 1. The molecule has 6 heteroatoms. The number of hydrogen-bond donors (Lipinski definition) is 4. The van der Waals surface area contributed by atoms with Crippen LogP contribution in [0.2, 0.25) is 0 Å². The molecule has 6 N–H and O–H groups in total. The summed E-state index contributed by atoms with van der Waals surface area (Å²) in [5.74, 6) is -0.271. The van der Waals surface area contributed by atoms with Crippen LogP contribution in [0.4, 0.5) is 5.69 Å². The molecule has 0 spiro atoms. The van der Waals surface area contributed by atoms with Gasteiger partial charge in [-0.25, -0.2) is 0 Å². The number of carbonyl (C=O) groups is 1. The summed E-state index contributed by atoms with van der Waals surface area (Å²) in [5, 5.41) is 10.2. The molecule has 0 atom stereocenters. The van der Waals surface area contributed by atoms with Crippen molar-refractivity contribution in [2.75, 3.05) is 5.32 Å². The summed E-state index contributed by atoms with van der Waals surface area (Å²) >= 11 is 0. The molecule has 1 aromatic carbocycles. The van der Waals surface area contributed by atoms with E-state index in [4.69, 9.17) is 16.9 Å². The minimum atomic E-state index is -0.271. The fourth-order valence-corrected chi connectivity index (χ4v) is 2.14. The Labute approximate surface area is 140 Å². The third kappa shape index (κ3) is 4.37. The summed E-state index contributed by atoms with van der Waals surface area (Å²) in [5.41, 5.74) is 14.7. The Hall–Kier alpha value is -3.25. The van der Waals surface area contributed by atoms with Crippen molar-refractivity contribution in [2.45, 2.75) is 6.54 Å². The van der Waals surface area contributed by atoms with Gasteiger partial charge in [-0.15, -0.1) is 0 Å². The van der Waals surface area contributed by atoms with Crippen LogP contribution in [0.25, 0.3) is 11.6 Å². The van der Waals surface area contributed by atoms with Gasteiger partial charge >= 0.3 is 0 Å². The molecule has 0 bridgehead atoms. The van der Waals surface area contributed by atoms with Crippen molar-refractivity contribution in [3.8, 4) is 0 Å². The maximum absolute atomic E-state index is 12.1. The number of anilines is 1. The van der Waals surface area contributed by atoms with Crippen molar-refractivity contribution in [3.05, 3.63) is 71.7 Å². The fraction of sp³-hybridized carbons (Fsp3) is 0.0556. The summed E-state index contributed by atoms with van der Waals surface area (Å²) in [4.78, 5) is 16.1. The lowest BCUT2D eigenvalue weighted by Gasteiger charge is -2.06. The lowest BCUT2D eigenvalue weighted by atomic mass is 10.0. The number of nitrogens with zero attached hydrogens (tertiary/aromatic N) is 1. The number of amides is 1. The summed E-state index contributed by atoms with van der Waals surface area (Å²) in [6.45, 7) is 0.413. The van der Waals surface area contributed by atoms with Crippen molar-refractivity contribution in [1.29, 1.82) is 5.41 Å². The van der Waals surface area contributed by atoms with Gasteiger partial charge in [-0.1, -0.05) is 12.1 Å². The first-order valence-electron chi connectivity index (χ1n) is 7.32. The molecule has 2 rings (SSSR count). The van der Waals surface area contributed by atoms with Crippen LogP contribution in [0.15, 0.2) is 55.0 Å². The molecule has 0 fully saturated rings. The highest BCUT2D eigenvalue weighted by molar-refractivity contribution is 6.10. The quantitative estimate of drug-likeness (QED) is 0.481. The van der Waals surface area contributed by atoms with Gasteiger partial charge in [0.05, 0.1) is 0 Å². The van der Waals surface area contributed by atoms with Crippen LogP contribution in [0, 0.1) is 5.41 Å². The van der Waals surface area contributed by atoms with Gasteiger partial charge in [0.25, 0.3) is 0 Å². The zero-order valence-corrected chi connectivity index (χ0v) is 13.1. The number of carbonyl (C=O) groups excluding carboxylic acids is 1. The van der Waals surface area contributed by atoms with E-state index >= 15 is 0 Å². The van der Waals surface area contributed by atoms with Crippen LogP contribution in [0.3, 0.4) is 0 Å². The average molecular weight is 321 g/mol. The predicted octanol–water partition coefficient (Wildman–Crippen LogP) is 2.14. The fourth-order valence-electron chi connectivity index (χ4n) is 2.14. The van der Waals surface area contributed by atoms with Crippen molar-refractivity contribution in [2.24, 2.45) is 11.5 Å². The molecule has 0 aliphatic heterocycles. The second kappa shape index (κ2) is 8.40. The molecule has 2 aromatic rings. The van der Waals surface area contributed by atoms with Crippen LogP contribution < -0.4 is 16.8 Å². The molecule has 122 valence electrons. The number of pyridine rings is 1. The van der Waals surface area contributed by atoms with E-state index < -0.39 is 0 Å². The van der Waals surface area contributed by atoms with Crippen LogP contribution in [0.1, 0.15) is 16.7 Å². The molecule has 0 radical (unpaired) electrons. The normalized spacial score (nSPS) is 11.5. The lowest BCUT2D eigenvalue weighted by Crippen LogP contribution is -2.08. The first-order chi connectivity index (χ1) is 11.7. The van der Waals surface area contributed by atoms with Crippen LogP contribution in [-0.2, 0) is 11.3 Å². The summed E-state index contributed by atoms with van der Waals surface area (Å²) in [6, 6.07) is 9.09. The van der Waals surface area contributed by atoms with Gasteiger partial charge in [0, 0.05) is 54.3 Å². The molecular formula is C18H19N5O. The minimum absolute atomic E-state index is 0.271. The zero-order chi connectivity index (χ0) is 17.4. The van der Waals surface area contributed by atoms with E-state index in [9.17, 15) is 4.79 Å². The Bertz CT molecular complexity index is 796. The molecule has 0 saturated heterocycles. The predicted molar refractivity (Wildman–Crippen MR) is 97.2 cm³/mol. The van der Waals surface area contributed by atoms with E-state index in [0.29, 0.717) is 23.4 Å². The highest BCUT2D eigenvalue weighted by Gasteiger charge is 2.04. The average Bonchev–Trinajstić information content (AvgIpc) is 2.62. The van der Waals surface area contributed by atoms with E-state index in [1.165, 1.54) is 12.3 Å². The van der Waals surface area contributed by atoms with E-state index in [-0.39, 0.29) is 5.91 Å². The van der Waals surface area contributed by atoms with E-state index in [1.54, 1.807) is 30.6 Å². The van der Waals surface area contributed by atoms with Crippen LogP contribution >= 0.6 is 0 Å². The number of nitrogens with two attached hydrogens (primary N) is 2. The highest BCUT2D eigenvalue weighted by atomic mass is 16.1. The zero-order valence-electron chi connectivity index (χ0n) is 13.1. The lowest BCUT2D eigenvalue weighted by molar-refractivity contribution is -0.111. The molecule has 0 unspecified atom stereocenters. The smallest absolute Gasteiger partial charge is 0.248 e. The molecule has 6 nitrogen and oxygen atoms in total. The van der Waals surface area contributed by atoms with Gasteiger partial charge in [0.15, 0.2) is 0 Å². The summed E-state index contributed by atoms with van der Waals surface area (Å²) < 4.78 is 0. The highest BCUT2D eigenvalue weighted by Crippen LogP contribution is 2.17. The monoisotopic (exact) mass is 321 g/mol. The van der Waals surface area contributed by atoms with E-state index in [0.717, 1.165) is 17.3 Å². The molecule has 1 amide bonds. The Morgan fingerprint density at radius 2 is 2.17 bits per heavy atom. The second-order valence-electron chi connectivity index (χ2n) is 4.96. The van der Waals surface area contributed by atoms with Gasteiger partial charge in [0.1, 0.15) is 0 Å². The first kappa shape index (κ1) is 17.1. The van der Waals surface area contributed by atoms with E-state index in [1.807, 2.05) is 18.2 Å². The Kier molecular flexibility index (Phi) is 5.99. The molecule has 1 heterocycles. The molecule has 0 aliphatic rings. The largest absolute Gasteiger partial charge is 0.404 e. The van der Waals surface area contributed by atoms with Gasteiger partial charge in [-0.3, -0.25) is 9.78 Å². The Morgan fingerprint density at radius 1 is 1.33 bits per heavy atom.